The van der Waals surface area contributed by atoms with Crippen molar-refractivity contribution in [3.8, 4) is 17.6 Å². The molecule has 172 valence electrons. The van der Waals surface area contributed by atoms with E-state index in [1.165, 1.54) is 44.6 Å². The van der Waals surface area contributed by atoms with E-state index < -0.39 is 11.9 Å². The van der Waals surface area contributed by atoms with E-state index in [0.29, 0.717) is 17.1 Å². The number of carbonyl (C=O) groups is 2. The van der Waals surface area contributed by atoms with E-state index in [1.54, 1.807) is 42.5 Å². The van der Waals surface area contributed by atoms with Gasteiger partial charge in [0.05, 0.1) is 25.5 Å². The van der Waals surface area contributed by atoms with Gasteiger partial charge in [0.25, 0.3) is 5.91 Å². The van der Waals surface area contributed by atoms with Gasteiger partial charge in [-0.25, -0.2) is 9.18 Å². The molecule has 0 aliphatic carbocycles. The topological polar surface area (TPSA) is 97.7 Å². The maximum Gasteiger partial charge on any atom is 0.339 e. The van der Waals surface area contributed by atoms with Crippen molar-refractivity contribution >= 4 is 23.6 Å². The molecule has 0 atom stereocenters. The quantitative estimate of drug-likeness (QED) is 0.296. The van der Waals surface area contributed by atoms with Crippen molar-refractivity contribution in [1.82, 2.24) is 0 Å². The lowest BCUT2D eigenvalue weighted by Crippen LogP contribution is -2.16. The number of amides is 1. The maximum atomic E-state index is 13.1. The molecule has 0 bridgehead atoms. The zero-order chi connectivity index (χ0) is 24.5. The minimum Gasteiger partial charge on any atom is -0.493 e. The van der Waals surface area contributed by atoms with E-state index in [9.17, 15) is 19.2 Å². The summed E-state index contributed by atoms with van der Waals surface area (Å²) in [4.78, 5) is 24.6. The Hall–Kier alpha value is -4.64. The largest absolute Gasteiger partial charge is 0.493 e. The Morgan fingerprint density at radius 3 is 2.44 bits per heavy atom. The molecule has 34 heavy (non-hydrogen) atoms. The van der Waals surface area contributed by atoms with Gasteiger partial charge in [0, 0.05) is 0 Å². The fraction of sp³-hybridized carbons (Fsp3) is 0.115. The molecule has 0 unspecified atom stereocenters. The highest BCUT2D eigenvalue weighted by atomic mass is 19.1. The van der Waals surface area contributed by atoms with E-state index in [-0.39, 0.29) is 29.2 Å². The third-order valence-corrected chi connectivity index (χ3v) is 4.75. The number of nitrogens with zero attached hydrogens (tertiary/aromatic N) is 1. The van der Waals surface area contributed by atoms with Gasteiger partial charge in [-0.1, -0.05) is 30.3 Å². The molecule has 3 aromatic carbocycles. The standard InChI is InChI=1S/C26H21FN2O5/c1-32-24-14-18(9-12-23(24)34-16-17-7-10-20(27)11-8-17)13-19(15-28)25(30)29-22-6-4-3-5-21(22)26(31)33-2/h3-14H,16H2,1-2H3,(H,29,30)/b19-13-. The number of hydrogen-bond donors (Lipinski definition) is 1. The van der Waals surface area contributed by atoms with Crippen molar-refractivity contribution in [2.75, 3.05) is 19.5 Å². The summed E-state index contributed by atoms with van der Waals surface area (Å²) in [6.07, 6.45) is 1.39. The molecule has 0 fully saturated rings. The van der Waals surface area contributed by atoms with Crippen molar-refractivity contribution < 1.29 is 28.2 Å². The van der Waals surface area contributed by atoms with E-state index in [2.05, 4.69) is 5.32 Å². The zero-order valence-corrected chi connectivity index (χ0v) is 18.5. The summed E-state index contributed by atoms with van der Waals surface area (Å²) >= 11 is 0. The van der Waals surface area contributed by atoms with Gasteiger partial charge < -0.3 is 19.5 Å². The van der Waals surface area contributed by atoms with Crippen molar-refractivity contribution in [3.05, 3.63) is 94.8 Å². The molecular formula is C26H21FN2O5. The van der Waals surface area contributed by atoms with Crippen LogP contribution in [0.5, 0.6) is 11.5 Å². The number of nitriles is 1. The normalized spacial score (nSPS) is 10.7. The van der Waals surface area contributed by atoms with Gasteiger partial charge in [-0.05, 0) is 53.6 Å². The summed E-state index contributed by atoms with van der Waals surface area (Å²) in [5, 5.41) is 12.1. The van der Waals surface area contributed by atoms with Crippen LogP contribution >= 0.6 is 0 Å². The summed E-state index contributed by atoms with van der Waals surface area (Å²) in [6, 6.07) is 19.1. The number of anilines is 1. The second kappa shape index (κ2) is 11.3. The Kier molecular flexibility index (Phi) is 7.97. The summed E-state index contributed by atoms with van der Waals surface area (Å²) in [7, 11) is 2.71. The van der Waals surface area contributed by atoms with E-state index in [4.69, 9.17) is 14.2 Å². The molecule has 3 aromatic rings. The molecule has 0 spiro atoms. The number of carbonyl (C=O) groups excluding carboxylic acids is 2. The molecule has 8 heteroatoms. The molecule has 3 rings (SSSR count). The van der Waals surface area contributed by atoms with Crippen LogP contribution in [0.4, 0.5) is 10.1 Å². The van der Waals surface area contributed by atoms with Crippen LogP contribution in [-0.4, -0.2) is 26.1 Å². The third kappa shape index (κ3) is 5.99. The Morgan fingerprint density at radius 2 is 1.76 bits per heavy atom. The number of para-hydroxylation sites is 1. The Labute approximate surface area is 196 Å². The smallest absolute Gasteiger partial charge is 0.339 e. The monoisotopic (exact) mass is 460 g/mol. The summed E-state index contributed by atoms with van der Waals surface area (Å²) in [6.45, 7) is 0.206. The lowest BCUT2D eigenvalue weighted by molar-refractivity contribution is -0.112. The number of benzene rings is 3. The van der Waals surface area contributed by atoms with Gasteiger partial charge in [0.2, 0.25) is 0 Å². The van der Waals surface area contributed by atoms with Crippen molar-refractivity contribution in [2.45, 2.75) is 6.61 Å². The highest BCUT2D eigenvalue weighted by molar-refractivity contribution is 6.12. The van der Waals surface area contributed by atoms with Gasteiger partial charge in [0.1, 0.15) is 24.1 Å². The van der Waals surface area contributed by atoms with E-state index in [1.807, 2.05) is 6.07 Å². The van der Waals surface area contributed by atoms with Gasteiger partial charge in [0.15, 0.2) is 11.5 Å². The van der Waals surface area contributed by atoms with Crippen molar-refractivity contribution in [3.63, 3.8) is 0 Å². The van der Waals surface area contributed by atoms with Gasteiger partial charge in [-0.3, -0.25) is 4.79 Å². The number of rotatable bonds is 8. The fourth-order valence-electron chi connectivity index (χ4n) is 3.02. The van der Waals surface area contributed by atoms with Crippen LogP contribution in [0.25, 0.3) is 6.08 Å². The van der Waals surface area contributed by atoms with Crippen LogP contribution < -0.4 is 14.8 Å². The number of hydrogen-bond acceptors (Lipinski definition) is 6. The number of esters is 1. The first kappa shape index (κ1) is 24.0. The highest BCUT2D eigenvalue weighted by Gasteiger charge is 2.16. The first-order valence-electron chi connectivity index (χ1n) is 10.1. The average Bonchev–Trinajstić information content (AvgIpc) is 2.87. The van der Waals surface area contributed by atoms with Crippen LogP contribution in [-0.2, 0) is 16.1 Å². The maximum absolute atomic E-state index is 13.1. The molecule has 0 aliphatic heterocycles. The van der Waals surface area contributed by atoms with Crippen molar-refractivity contribution in [2.24, 2.45) is 0 Å². The first-order valence-corrected chi connectivity index (χ1v) is 10.1. The third-order valence-electron chi connectivity index (χ3n) is 4.75. The van der Waals surface area contributed by atoms with Gasteiger partial charge >= 0.3 is 5.97 Å². The number of nitrogens with one attached hydrogen (secondary N) is 1. The molecule has 0 heterocycles. The van der Waals surface area contributed by atoms with Crippen LogP contribution in [0.3, 0.4) is 0 Å². The predicted molar refractivity (Wildman–Crippen MR) is 124 cm³/mol. The summed E-state index contributed by atoms with van der Waals surface area (Å²) in [5.41, 5.74) is 1.52. The first-order chi connectivity index (χ1) is 16.4. The van der Waals surface area contributed by atoms with E-state index in [0.717, 1.165) is 5.56 Å². The van der Waals surface area contributed by atoms with Gasteiger partial charge in [-0.2, -0.15) is 5.26 Å². The molecule has 1 N–H and O–H groups in total. The fourth-order valence-corrected chi connectivity index (χ4v) is 3.02. The number of ether oxygens (including phenoxy) is 3. The predicted octanol–water partition coefficient (Wildman–Crippen LogP) is 4.75. The zero-order valence-electron chi connectivity index (χ0n) is 18.5. The van der Waals surface area contributed by atoms with Crippen LogP contribution in [0.15, 0.2) is 72.3 Å². The van der Waals surface area contributed by atoms with Crippen molar-refractivity contribution in [1.29, 1.82) is 5.26 Å². The Balaban J connectivity index is 1.78. The molecular weight excluding hydrogens is 439 g/mol. The van der Waals surface area contributed by atoms with Gasteiger partial charge in [-0.15, -0.1) is 0 Å². The highest BCUT2D eigenvalue weighted by Crippen LogP contribution is 2.30. The molecule has 0 saturated carbocycles. The second-order valence-electron chi connectivity index (χ2n) is 6.99. The summed E-state index contributed by atoms with van der Waals surface area (Å²) < 4.78 is 28.9. The second-order valence-corrected chi connectivity index (χ2v) is 6.99. The molecule has 7 nitrogen and oxygen atoms in total. The number of halogens is 1. The lowest BCUT2D eigenvalue weighted by atomic mass is 10.1. The summed E-state index contributed by atoms with van der Waals surface area (Å²) in [5.74, 6) is -0.791. The van der Waals surface area contributed by atoms with Crippen LogP contribution in [0, 0.1) is 17.1 Å². The molecule has 1 amide bonds. The lowest BCUT2D eigenvalue weighted by Gasteiger charge is -2.12. The molecule has 0 aromatic heterocycles. The Bertz CT molecular complexity index is 1260. The minimum absolute atomic E-state index is 0.167. The molecule has 0 saturated heterocycles. The SMILES string of the molecule is COC(=O)c1ccccc1NC(=O)/C(C#N)=C\c1ccc(OCc2ccc(F)cc2)c(OC)c1. The average molecular weight is 460 g/mol. The molecule has 0 aliphatic rings. The van der Waals surface area contributed by atoms with E-state index >= 15 is 0 Å². The number of methoxy groups -OCH3 is 2. The Morgan fingerprint density at radius 1 is 1.03 bits per heavy atom. The molecule has 0 radical (unpaired) electrons. The van der Waals surface area contributed by atoms with Crippen LogP contribution in [0.2, 0.25) is 0 Å². The minimum atomic E-state index is -0.686. The van der Waals surface area contributed by atoms with Crippen LogP contribution in [0.1, 0.15) is 21.5 Å².